The second-order valence-electron chi connectivity index (χ2n) is 4.87. The van der Waals surface area contributed by atoms with Crippen LogP contribution in [-0.2, 0) is 4.79 Å². The highest BCUT2D eigenvalue weighted by Crippen LogP contribution is 2.20. The Morgan fingerprint density at radius 3 is 2.65 bits per heavy atom. The Hall–Kier alpha value is -2.84. The molecule has 0 saturated heterocycles. The maximum atomic E-state index is 12.0. The third-order valence-electron chi connectivity index (χ3n) is 3.22. The number of nitriles is 1. The normalized spacial score (nSPS) is 10.2. The van der Waals surface area contributed by atoms with Gasteiger partial charge in [-0.25, -0.2) is 4.98 Å². The second-order valence-corrected chi connectivity index (χ2v) is 5.86. The summed E-state index contributed by atoms with van der Waals surface area (Å²) in [5.41, 5.74) is 2.17. The molecule has 0 spiro atoms. The zero-order valence-electron chi connectivity index (χ0n) is 12.2. The van der Waals surface area contributed by atoms with Crippen LogP contribution in [-0.4, -0.2) is 16.6 Å². The first-order valence-electron chi connectivity index (χ1n) is 7.03. The van der Waals surface area contributed by atoms with E-state index in [1.807, 2.05) is 42.5 Å². The lowest BCUT2D eigenvalue weighted by molar-refractivity contribution is -0.113. The van der Waals surface area contributed by atoms with Gasteiger partial charge >= 0.3 is 0 Å². The Morgan fingerprint density at radius 2 is 1.87 bits per heavy atom. The number of carbonyl (C=O) groups is 1. The highest BCUT2D eigenvalue weighted by molar-refractivity contribution is 7.99. The van der Waals surface area contributed by atoms with Gasteiger partial charge < -0.3 is 5.32 Å². The van der Waals surface area contributed by atoms with E-state index in [-0.39, 0.29) is 11.7 Å². The summed E-state index contributed by atoms with van der Waals surface area (Å²) in [5, 5.41) is 13.5. The van der Waals surface area contributed by atoms with E-state index in [1.165, 1.54) is 11.8 Å². The van der Waals surface area contributed by atoms with Crippen molar-refractivity contribution < 1.29 is 4.79 Å². The van der Waals surface area contributed by atoms with Crippen LogP contribution < -0.4 is 5.32 Å². The van der Waals surface area contributed by atoms with Crippen LogP contribution in [0.3, 0.4) is 0 Å². The van der Waals surface area contributed by atoms with Crippen LogP contribution in [0.25, 0.3) is 10.9 Å². The number of hydrogen-bond acceptors (Lipinski definition) is 4. The van der Waals surface area contributed by atoms with Crippen molar-refractivity contribution in [3.63, 3.8) is 0 Å². The monoisotopic (exact) mass is 319 g/mol. The van der Waals surface area contributed by atoms with Crippen LogP contribution in [0, 0.1) is 11.3 Å². The predicted octanol–water partition coefficient (Wildman–Crippen LogP) is 3.84. The molecule has 1 N–H and O–H groups in total. The highest BCUT2D eigenvalue weighted by atomic mass is 32.2. The number of nitrogens with one attached hydrogen (secondary N) is 1. The Bertz CT molecular complexity index is 885. The molecular formula is C18H13N3OS. The minimum Gasteiger partial charge on any atom is -0.325 e. The van der Waals surface area contributed by atoms with Gasteiger partial charge in [-0.05, 0) is 36.4 Å². The fourth-order valence-corrected chi connectivity index (χ4v) is 2.77. The number of carbonyl (C=O) groups excluding carboxylic acids is 1. The van der Waals surface area contributed by atoms with Crippen LogP contribution in [0.5, 0.6) is 0 Å². The van der Waals surface area contributed by atoms with Gasteiger partial charge in [0.05, 0.1) is 27.9 Å². The number of thioether (sulfide) groups is 1. The van der Waals surface area contributed by atoms with Crippen molar-refractivity contribution in [2.45, 2.75) is 5.03 Å². The summed E-state index contributed by atoms with van der Waals surface area (Å²) in [6.07, 6.45) is 0. The summed E-state index contributed by atoms with van der Waals surface area (Å²) in [4.78, 5) is 16.5. The first-order valence-corrected chi connectivity index (χ1v) is 8.02. The molecule has 1 aromatic heterocycles. The predicted molar refractivity (Wildman–Crippen MR) is 92.3 cm³/mol. The van der Waals surface area contributed by atoms with Crippen LogP contribution in [0.4, 0.5) is 5.69 Å². The molecule has 0 fully saturated rings. The maximum absolute atomic E-state index is 12.0. The number of nitrogens with zero attached hydrogens (tertiary/aromatic N) is 2. The molecule has 3 aromatic rings. The van der Waals surface area contributed by atoms with E-state index in [2.05, 4.69) is 10.3 Å². The number of hydrogen-bond donors (Lipinski definition) is 1. The quantitative estimate of drug-likeness (QED) is 0.742. The molecule has 0 saturated carbocycles. The lowest BCUT2D eigenvalue weighted by atomic mass is 10.2. The molecule has 5 heteroatoms. The van der Waals surface area contributed by atoms with E-state index in [0.717, 1.165) is 15.9 Å². The molecule has 23 heavy (non-hydrogen) atoms. The van der Waals surface area contributed by atoms with Gasteiger partial charge in [-0.1, -0.05) is 36.0 Å². The van der Waals surface area contributed by atoms with Crippen molar-refractivity contribution in [1.29, 1.82) is 5.26 Å². The number of amides is 1. The van der Waals surface area contributed by atoms with E-state index in [0.29, 0.717) is 11.3 Å². The molecule has 4 nitrogen and oxygen atoms in total. The number of fused-ring (bicyclic) bond motifs is 1. The number of aromatic nitrogens is 1. The molecule has 0 unspecified atom stereocenters. The first kappa shape index (κ1) is 15.1. The van der Waals surface area contributed by atoms with E-state index in [1.54, 1.807) is 24.3 Å². The molecule has 0 aliphatic rings. The van der Waals surface area contributed by atoms with Gasteiger partial charge in [-0.15, -0.1) is 0 Å². The molecule has 1 heterocycles. The number of benzene rings is 2. The molecule has 0 aliphatic carbocycles. The van der Waals surface area contributed by atoms with Crippen LogP contribution in [0.1, 0.15) is 5.56 Å². The summed E-state index contributed by atoms with van der Waals surface area (Å²) in [5.74, 6) is 0.181. The van der Waals surface area contributed by atoms with E-state index >= 15 is 0 Å². The van der Waals surface area contributed by atoms with Crippen LogP contribution in [0.2, 0.25) is 0 Å². The van der Waals surface area contributed by atoms with Crippen molar-refractivity contribution in [3.8, 4) is 6.07 Å². The zero-order chi connectivity index (χ0) is 16.1. The summed E-state index contributed by atoms with van der Waals surface area (Å²) in [6, 6.07) is 20.6. The topological polar surface area (TPSA) is 65.8 Å². The number of anilines is 1. The maximum Gasteiger partial charge on any atom is 0.234 e. The van der Waals surface area contributed by atoms with Gasteiger partial charge in [0.15, 0.2) is 0 Å². The van der Waals surface area contributed by atoms with Crippen molar-refractivity contribution >= 4 is 34.3 Å². The van der Waals surface area contributed by atoms with Gasteiger partial charge in [0, 0.05) is 11.1 Å². The minimum absolute atomic E-state index is 0.102. The lowest BCUT2D eigenvalue weighted by Crippen LogP contribution is -2.14. The lowest BCUT2D eigenvalue weighted by Gasteiger charge is -2.05. The molecule has 0 atom stereocenters. The van der Waals surface area contributed by atoms with Gasteiger partial charge in [-0.2, -0.15) is 5.26 Å². The van der Waals surface area contributed by atoms with Gasteiger partial charge in [0.1, 0.15) is 0 Å². The molecule has 2 aromatic carbocycles. The number of para-hydroxylation sites is 1. The minimum atomic E-state index is -0.102. The van der Waals surface area contributed by atoms with Gasteiger partial charge in [0.25, 0.3) is 0 Å². The largest absolute Gasteiger partial charge is 0.325 e. The van der Waals surface area contributed by atoms with E-state index in [9.17, 15) is 4.79 Å². The average molecular weight is 319 g/mol. The third-order valence-corrected chi connectivity index (χ3v) is 4.15. The van der Waals surface area contributed by atoms with Crippen molar-refractivity contribution in [2.75, 3.05) is 11.1 Å². The van der Waals surface area contributed by atoms with E-state index < -0.39 is 0 Å². The smallest absolute Gasteiger partial charge is 0.234 e. The second kappa shape index (κ2) is 6.95. The molecule has 1 amide bonds. The summed E-state index contributed by atoms with van der Waals surface area (Å²) >= 11 is 1.39. The Kier molecular flexibility index (Phi) is 4.55. The summed E-state index contributed by atoms with van der Waals surface area (Å²) < 4.78 is 0. The SMILES string of the molecule is N#Cc1ccc(NC(=O)CSc2ccc3ccccc3n2)cc1. The molecule has 0 bridgehead atoms. The average Bonchev–Trinajstić information content (AvgIpc) is 2.60. The molecule has 0 radical (unpaired) electrons. The first-order chi connectivity index (χ1) is 11.2. The van der Waals surface area contributed by atoms with Gasteiger partial charge in [0.2, 0.25) is 5.91 Å². The number of pyridine rings is 1. The summed E-state index contributed by atoms with van der Waals surface area (Å²) in [7, 11) is 0. The third kappa shape index (κ3) is 3.87. The highest BCUT2D eigenvalue weighted by Gasteiger charge is 2.05. The van der Waals surface area contributed by atoms with Gasteiger partial charge in [-0.3, -0.25) is 4.79 Å². The molecule has 0 aliphatic heterocycles. The van der Waals surface area contributed by atoms with Crippen molar-refractivity contribution in [1.82, 2.24) is 4.98 Å². The number of rotatable bonds is 4. The fraction of sp³-hybridized carbons (Fsp3) is 0.0556. The Labute approximate surface area is 138 Å². The Morgan fingerprint density at radius 1 is 1.09 bits per heavy atom. The fourth-order valence-electron chi connectivity index (χ4n) is 2.09. The van der Waals surface area contributed by atoms with Crippen molar-refractivity contribution in [3.05, 3.63) is 66.2 Å². The summed E-state index contributed by atoms with van der Waals surface area (Å²) in [6.45, 7) is 0. The van der Waals surface area contributed by atoms with Crippen molar-refractivity contribution in [2.24, 2.45) is 0 Å². The van der Waals surface area contributed by atoms with Crippen LogP contribution >= 0.6 is 11.8 Å². The molecular weight excluding hydrogens is 306 g/mol. The molecule has 112 valence electrons. The van der Waals surface area contributed by atoms with Crippen LogP contribution in [0.15, 0.2) is 65.7 Å². The molecule has 3 rings (SSSR count). The Balaban J connectivity index is 1.60. The van der Waals surface area contributed by atoms with E-state index in [4.69, 9.17) is 5.26 Å². The standard InChI is InChI=1S/C18H13N3OS/c19-11-13-5-8-15(9-6-13)20-17(22)12-23-18-10-7-14-3-1-2-4-16(14)21-18/h1-10H,12H2,(H,20,22). The zero-order valence-corrected chi connectivity index (χ0v) is 13.0.